The second kappa shape index (κ2) is 10.7. The third-order valence-corrected chi connectivity index (χ3v) is 5.57. The summed E-state index contributed by atoms with van der Waals surface area (Å²) in [5.41, 5.74) is 1.56. The van der Waals surface area contributed by atoms with Crippen LogP contribution in [0.3, 0.4) is 0 Å². The van der Waals surface area contributed by atoms with Crippen LogP contribution in [0.25, 0.3) is 6.08 Å². The summed E-state index contributed by atoms with van der Waals surface area (Å²) < 4.78 is 25.1. The van der Waals surface area contributed by atoms with Crippen LogP contribution in [0.5, 0.6) is 11.5 Å². The third-order valence-electron chi connectivity index (χ3n) is 4.57. The van der Waals surface area contributed by atoms with Crippen molar-refractivity contribution < 1.29 is 18.7 Å². The van der Waals surface area contributed by atoms with E-state index in [0.29, 0.717) is 23.0 Å². The molecular formula is C25H29FN2O3S. The van der Waals surface area contributed by atoms with Crippen LogP contribution in [-0.4, -0.2) is 34.7 Å². The lowest BCUT2D eigenvalue weighted by atomic mass is 10.1. The van der Waals surface area contributed by atoms with Crippen LogP contribution in [0.2, 0.25) is 0 Å². The number of nitrogens with zero attached hydrogens (tertiary/aromatic N) is 2. The van der Waals surface area contributed by atoms with Crippen LogP contribution in [0, 0.1) is 5.82 Å². The number of rotatable bonds is 8. The molecule has 1 heterocycles. The first-order valence-corrected chi connectivity index (χ1v) is 11.5. The molecule has 2 aromatic rings. The zero-order chi connectivity index (χ0) is 23.3. The zero-order valence-electron chi connectivity index (χ0n) is 19.1. The second-order valence-corrected chi connectivity index (χ2v) is 8.95. The molecule has 170 valence electrons. The molecule has 3 rings (SSSR count). The number of ether oxygens (including phenoxy) is 2. The fraction of sp³-hybridized carbons (Fsp3) is 0.360. The highest BCUT2D eigenvalue weighted by atomic mass is 32.2. The summed E-state index contributed by atoms with van der Waals surface area (Å²) in [4.78, 5) is 19.9. The summed E-state index contributed by atoms with van der Waals surface area (Å²) in [7, 11) is 0. The van der Waals surface area contributed by atoms with Crippen molar-refractivity contribution in [3.05, 3.63) is 64.3 Å². The predicted octanol–water partition coefficient (Wildman–Crippen LogP) is 5.89. The predicted molar refractivity (Wildman–Crippen MR) is 128 cm³/mol. The maximum atomic E-state index is 13.4. The van der Waals surface area contributed by atoms with Crippen LogP contribution >= 0.6 is 11.8 Å². The van der Waals surface area contributed by atoms with Crippen molar-refractivity contribution in [1.29, 1.82) is 0 Å². The van der Waals surface area contributed by atoms with Crippen LogP contribution < -0.4 is 9.47 Å². The molecule has 0 bridgehead atoms. The van der Waals surface area contributed by atoms with E-state index in [1.165, 1.54) is 23.9 Å². The largest absolute Gasteiger partial charge is 0.490 e. The highest BCUT2D eigenvalue weighted by Gasteiger charge is 2.35. The zero-order valence-corrected chi connectivity index (χ0v) is 19.9. The van der Waals surface area contributed by atoms with Crippen molar-refractivity contribution in [2.75, 3.05) is 6.61 Å². The highest BCUT2D eigenvalue weighted by Crippen LogP contribution is 2.36. The molecule has 0 N–H and O–H groups in total. The third kappa shape index (κ3) is 5.91. The number of carbonyl (C=O) groups excluding carboxylic acids is 1. The number of aliphatic imine (C=N–C) groups is 1. The van der Waals surface area contributed by atoms with Gasteiger partial charge in [0.15, 0.2) is 16.7 Å². The molecule has 1 fully saturated rings. The molecule has 0 aliphatic carbocycles. The van der Waals surface area contributed by atoms with Crippen molar-refractivity contribution in [3.63, 3.8) is 0 Å². The SMILES string of the molecule is CCOc1cc(/C=C2/SC(=NC(C)C)N(C(C)C)C2=O)ccc1OCc1cccc(F)c1. The van der Waals surface area contributed by atoms with Gasteiger partial charge in [0.2, 0.25) is 0 Å². The molecule has 32 heavy (non-hydrogen) atoms. The molecule has 0 aromatic heterocycles. The minimum Gasteiger partial charge on any atom is -0.490 e. The Morgan fingerprint density at radius 2 is 1.88 bits per heavy atom. The molecule has 0 atom stereocenters. The van der Waals surface area contributed by atoms with Gasteiger partial charge in [0.25, 0.3) is 5.91 Å². The number of halogens is 1. The van der Waals surface area contributed by atoms with Gasteiger partial charge in [-0.3, -0.25) is 14.7 Å². The molecule has 0 unspecified atom stereocenters. The summed E-state index contributed by atoms with van der Waals surface area (Å²) in [6, 6.07) is 12.0. The van der Waals surface area contributed by atoms with Crippen LogP contribution in [-0.2, 0) is 11.4 Å². The van der Waals surface area contributed by atoms with Crippen LogP contribution in [0.1, 0.15) is 45.7 Å². The number of hydrogen-bond acceptors (Lipinski definition) is 5. The van der Waals surface area contributed by atoms with Crippen molar-refractivity contribution >= 4 is 28.9 Å². The molecule has 5 nitrogen and oxygen atoms in total. The first-order chi connectivity index (χ1) is 15.3. The first-order valence-electron chi connectivity index (χ1n) is 10.7. The summed E-state index contributed by atoms with van der Waals surface area (Å²) in [5, 5.41) is 0.728. The van der Waals surface area contributed by atoms with E-state index in [9.17, 15) is 9.18 Å². The van der Waals surface area contributed by atoms with Crippen LogP contribution in [0.4, 0.5) is 4.39 Å². The highest BCUT2D eigenvalue weighted by molar-refractivity contribution is 8.18. The Labute approximate surface area is 193 Å². The Bertz CT molecular complexity index is 1030. The smallest absolute Gasteiger partial charge is 0.266 e. The molecule has 2 aromatic carbocycles. The van der Waals surface area contributed by atoms with Crippen molar-refractivity contribution in [2.45, 2.75) is 53.3 Å². The van der Waals surface area contributed by atoms with Gasteiger partial charge in [0.1, 0.15) is 12.4 Å². The molecule has 0 spiro atoms. The quantitative estimate of drug-likeness (QED) is 0.465. The van der Waals surface area contributed by atoms with E-state index >= 15 is 0 Å². The van der Waals surface area contributed by atoms with Gasteiger partial charge in [-0.25, -0.2) is 4.39 Å². The summed E-state index contributed by atoms with van der Waals surface area (Å²) in [5.74, 6) is 0.793. The standard InChI is InChI=1S/C25H29FN2O3S/c1-6-30-22-13-18(10-11-21(22)31-15-19-8-7-9-20(26)12-19)14-23-24(29)28(17(4)5)25(32-23)27-16(2)3/h7-14,16-17H,6,15H2,1-5H3/b23-14+,27-25?. The Morgan fingerprint density at radius 3 is 2.53 bits per heavy atom. The van der Waals surface area contributed by atoms with Crippen LogP contribution in [0.15, 0.2) is 52.4 Å². The average molecular weight is 457 g/mol. The summed E-state index contributed by atoms with van der Waals surface area (Å²) in [6.45, 7) is 10.5. The van der Waals surface area contributed by atoms with Crippen molar-refractivity contribution in [1.82, 2.24) is 4.90 Å². The molecular weight excluding hydrogens is 427 g/mol. The Balaban J connectivity index is 1.84. The summed E-state index contributed by atoms with van der Waals surface area (Å²) in [6.07, 6.45) is 1.85. The molecule has 1 aliphatic heterocycles. The van der Waals surface area contributed by atoms with Gasteiger partial charge in [-0.05, 0) is 87.8 Å². The molecule has 1 aliphatic rings. The number of hydrogen-bond donors (Lipinski definition) is 0. The molecule has 7 heteroatoms. The van der Waals surface area contributed by atoms with E-state index in [1.807, 2.05) is 65.0 Å². The Kier molecular flexibility index (Phi) is 7.96. The molecule has 1 amide bonds. The normalized spacial score (nSPS) is 16.6. The average Bonchev–Trinajstić information content (AvgIpc) is 3.02. The van der Waals surface area contributed by atoms with E-state index in [2.05, 4.69) is 4.99 Å². The fourth-order valence-electron chi connectivity index (χ4n) is 3.19. The topological polar surface area (TPSA) is 51.1 Å². The van der Waals surface area contributed by atoms with E-state index < -0.39 is 0 Å². The van der Waals surface area contributed by atoms with Gasteiger partial charge in [-0.15, -0.1) is 0 Å². The van der Waals surface area contributed by atoms with Gasteiger partial charge in [-0.1, -0.05) is 18.2 Å². The second-order valence-electron chi connectivity index (χ2n) is 7.94. The van der Waals surface area contributed by atoms with E-state index in [1.54, 1.807) is 11.0 Å². The monoisotopic (exact) mass is 456 g/mol. The lowest BCUT2D eigenvalue weighted by Crippen LogP contribution is -2.35. The number of carbonyl (C=O) groups is 1. The number of thioether (sulfide) groups is 1. The molecule has 0 saturated carbocycles. The van der Waals surface area contributed by atoms with Gasteiger partial charge in [0.05, 0.1) is 11.5 Å². The van der Waals surface area contributed by atoms with Gasteiger partial charge < -0.3 is 9.47 Å². The summed E-state index contributed by atoms with van der Waals surface area (Å²) >= 11 is 1.39. The van der Waals surface area contributed by atoms with E-state index in [0.717, 1.165) is 16.3 Å². The fourth-order valence-corrected chi connectivity index (χ4v) is 4.43. The van der Waals surface area contributed by atoms with E-state index in [4.69, 9.17) is 9.47 Å². The lowest BCUT2D eigenvalue weighted by Gasteiger charge is -2.20. The number of amidine groups is 1. The maximum absolute atomic E-state index is 13.4. The van der Waals surface area contributed by atoms with Crippen molar-refractivity contribution in [2.24, 2.45) is 4.99 Å². The minimum absolute atomic E-state index is 0.0241. The molecule has 1 saturated heterocycles. The Hall–Kier alpha value is -2.80. The van der Waals surface area contributed by atoms with E-state index in [-0.39, 0.29) is 30.4 Å². The van der Waals surface area contributed by atoms with Gasteiger partial charge >= 0.3 is 0 Å². The lowest BCUT2D eigenvalue weighted by molar-refractivity contribution is -0.123. The first kappa shape index (κ1) is 23.9. The Morgan fingerprint density at radius 1 is 1.09 bits per heavy atom. The van der Waals surface area contributed by atoms with Gasteiger partial charge in [0, 0.05) is 12.1 Å². The maximum Gasteiger partial charge on any atom is 0.266 e. The molecule has 0 radical (unpaired) electrons. The van der Waals surface area contributed by atoms with Gasteiger partial charge in [-0.2, -0.15) is 0 Å². The number of amides is 1. The van der Waals surface area contributed by atoms with Crippen molar-refractivity contribution in [3.8, 4) is 11.5 Å². The minimum atomic E-state index is -0.298. The number of benzene rings is 2.